The summed E-state index contributed by atoms with van der Waals surface area (Å²) in [5.41, 5.74) is 0.965. The third-order valence-electron chi connectivity index (χ3n) is 3.59. The first kappa shape index (κ1) is 15.2. The lowest BCUT2D eigenvalue weighted by Crippen LogP contribution is -2.17. The number of carbonyl (C=O) groups is 1. The molecule has 7 heteroatoms. The first-order valence-electron chi connectivity index (χ1n) is 7.34. The molecule has 2 aromatic rings. The lowest BCUT2D eigenvalue weighted by Gasteiger charge is -2.14. The number of rotatable bonds is 6. The van der Waals surface area contributed by atoms with Crippen molar-refractivity contribution in [1.82, 2.24) is 20.2 Å². The van der Waals surface area contributed by atoms with E-state index >= 15 is 0 Å². The van der Waals surface area contributed by atoms with Crippen LogP contribution in [0.15, 0.2) is 35.5 Å². The molecule has 1 fully saturated rings. The molecule has 1 aliphatic heterocycles. The number of aromatic nitrogens is 4. The third-order valence-corrected chi connectivity index (χ3v) is 4.94. The lowest BCUT2D eigenvalue weighted by molar-refractivity contribution is -0.116. The normalized spacial score (nSPS) is 19.2. The van der Waals surface area contributed by atoms with Gasteiger partial charge in [0.25, 0.3) is 0 Å². The van der Waals surface area contributed by atoms with Gasteiger partial charge in [-0.2, -0.15) is 0 Å². The molecule has 6 nitrogen and oxygen atoms in total. The second kappa shape index (κ2) is 7.02. The van der Waals surface area contributed by atoms with E-state index in [0.717, 1.165) is 25.0 Å². The Balaban J connectivity index is 1.76. The van der Waals surface area contributed by atoms with Gasteiger partial charge in [0.1, 0.15) is 5.78 Å². The van der Waals surface area contributed by atoms with Crippen LogP contribution < -0.4 is 0 Å². The van der Waals surface area contributed by atoms with Crippen molar-refractivity contribution in [3.8, 4) is 0 Å². The molecule has 0 aliphatic carbocycles. The summed E-state index contributed by atoms with van der Waals surface area (Å²) in [6.45, 7) is 3.03. The Kier molecular flexibility index (Phi) is 4.84. The molecule has 1 aromatic carbocycles. The predicted octanol–water partition coefficient (Wildman–Crippen LogP) is 2.27. The van der Waals surface area contributed by atoms with Crippen LogP contribution in [0.3, 0.4) is 0 Å². The van der Waals surface area contributed by atoms with E-state index in [1.165, 1.54) is 11.8 Å². The van der Waals surface area contributed by atoms with E-state index < -0.39 is 0 Å². The van der Waals surface area contributed by atoms with Gasteiger partial charge in [0.15, 0.2) is 0 Å². The largest absolute Gasteiger partial charge is 0.376 e. The molecule has 3 rings (SSSR count). The second-order valence-electron chi connectivity index (χ2n) is 5.30. The van der Waals surface area contributed by atoms with Crippen molar-refractivity contribution in [3.63, 3.8) is 0 Å². The summed E-state index contributed by atoms with van der Waals surface area (Å²) < 4.78 is 7.36. The van der Waals surface area contributed by atoms with E-state index in [1.54, 1.807) is 11.6 Å². The van der Waals surface area contributed by atoms with Gasteiger partial charge < -0.3 is 4.74 Å². The minimum atomic E-state index is -0.296. The molecule has 0 spiro atoms. The number of benzene rings is 1. The molecule has 2 heterocycles. The summed E-state index contributed by atoms with van der Waals surface area (Å²) in [7, 11) is 0. The molecule has 0 saturated carbocycles. The number of tetrazole rings is 1. The van der Waals surface area contributed by atoms with Gasteiger partial charge in [-0.15, -0.1) is 5.10 Å². The number of nitrogens with zero attached hydrogens (tertiary/aromatic N) is 4. The maximum absolute atomic E-state index is 12.0. The van der Waals surface area contributed by atoms with Crippen LogP contribution in [0.4, 0.5) is 0 Å². The topological polar surface area (TPSA) is 69.9 Å². The van der Waals surface area contributed by atoms with Crippen LogP contribution in [-0.4, -0.2) is 38.7 Å². The van der Waals surface area contributed by atoms with E-state index in [-0.39, 0.29) is 17.1 Å². The van der Waals surface area contributed by atoms with Gasteiger partial charge in [-0.1, -0.05) is 42.1 Å². The average molecular weight is 318 g/mol. The fraction of sp³-hybridized carbons (Fsp3) is 0.467. The fourth-order valence-corrected chi connectivity index (χ4v) is 3.48. The van der Waals surface area contributed by atoms with Crippen molar-refractivity contribution < 1.29 is 9.53 Å². The van der Waals surface area contributed by atoms with Crippen molar-refractivity contribution in [2.24, 2.45) is 0 Å². The average Bonchev–Trinajstić information content (AvgIpc) is 3.18. The van der Waals surface area contributed by atoms with Gasteiger partial charge in [-0.25, -0.2) is 4.68 Å². The Morgan fingerprint density at radius 1 is 1.45 bits per heavy atom. The highest BCUT2D eigenvalue weighted by Gasteiger charge is 2.24. The number of thioether (sulfide) groups is 1. The van der Waals surface area contributed by atoms with Gasteiger partial charge in [0.05, 0.1) is 17.9 Å². The van der Waals surface area contributed by atoms with E-state index in [4.69, 9.17) is 4.74 Å². The number of hydrogen-bond donors (Lipinski definition) is 0. The van der Waals surface area contributed by atoms with Crippen molar-refractivity contribution in [2.45, 2.75) is 42.8 Å². The van der Waals surface area contributed by atoms with Crippen LogP contribution in [0.25, 0.3) is 0 Å². The van der Waals surface area contributed by atoms with Crippen LogP contribution in [0, 0.1) is 0 Å². The predicted molar refractivity (Wildman–Crippen MR) is 82.5 cm³/mol. The van der Waals surface area contributed by atoms with E-state index in [0.29, 0.717) is 11.7 Å². The molecule has 0 bridgehead atoms. The molecular weight excluding hydrogens is 300 g/mol. The van der Waals surface area contributed by atoms with Gasteiger partial charge >= 0.3 is 0 Å². The second-order valence-corrected chi connectivity index (χ2v) is 6.37. The monoisotopic (exact) mass is 318 g/mol. The zero-order valence-corrected chi connectivity index (χ0v) is 13.2. The molecule has 0 N–H and O–H groups in total. The Bertz CT molecular complexity index is 625. The SMILES string of the molecule is CC(=O)C(Sc1nnnn1CC1CCCO1)c1ccccc1. The Hall–Kier alpha value is -1.73. The summed E-state index contributed by atoms with van der Waals surface area (Å²) in [5, 5.41) is 12.2. The van der Waals surface area contributed by atoms with Gasteiger partial charge in [-0.3, -0.25) is 4.79 Å². The molecule has 0 amide bonds. The highest BCUT2D eigenvalue weighted by molar-refractivity contribution is 8.00. The molecule has 1 aromatic heterocycles. The van der Waals surface area contributed by atoms with Gasteiger partial charge in [-0.05, 0) is 35.8 Å². The lowest BCUT2D eigenvalue weighted by atomic mass is 10.1. The number of Topliss-reactive ketones (excluding diaryl/α,β-unsaturated/α-hetero) is 1. The maximum Gasteiger partial charge on any atom is 0.210 e. The molecule has 1 aliphatic rings. The molecule has 1 saturated heterocycles. The summed E-state index contributed by atoms with van der Waals surface area (Å²) in [6.07, 6.45) is 2.27. The minimum Gasteiger partial charge on any atom is -0.376 e. The smallest absolute Gasteiger partial charge is 0.210 e. The fourth-order valence-electron chi connectivity index (χ4n) is 2.50. The standard InChI is InChI=1S/C15H18N4O2S/c1-11(20)14(12-6-3-2-4-7-12)22-15-16-17-18-19(15)10-13-8-5-9-21-13/h2-4,6-7,13-14H,5,8-10H2,1H3. The summed E-state index contributed by atoms with van der Waals surface area (Å²) in [6, 6.07) is 9.70. The van der Waals surface area contributed by atoms with Crippen molar-refractivity contribution in [1.29, 1.82) is 0 Å². The summed E-state index contributed by atoms with van der Waals surface area (Å²) in [5.74, 6) is 0.0860. The minimum absolute atomic E-state index is 0.0860. The zero-order chi connectivity index (χ0) is 15.4. The third kappa shape index (κ3) is 3.53. The molecule has 0 radical (unpaired) electrons. The van der Waals surface area contributed by atoms with Crippen molar-refractivity contribution >= 4 is 17.5 Å². The number of hydrogen-bond acceptors (Lipinski definition) is 6. The maximum atomic E-state index is 12.0. The number of carbonyl (C=O) groups excluding carboxylic acids is 1. The van der Waals surface area contributed by atoms with Gasteiger partial charge in [0.2, 0.25) is 5.16 Å². The summed E-state index contributed by atoms with van der Waals surface area (Å²) in [4.78, 5) is 12.0. The van der Waals surface area contributed by atoms with E-state index in [9.17, 15) is 4.79 Å². The van der Waals surface area contributed by atoms with Crippen LogP contribution in [-0.2, 0) is 16.1 Å². The first-order valence-corrected chi connectivity index (χ1v) is 8.22. The van der Waals surface area contributed by atoms with Crippen LogP contribution in [0.1, 0.15) is 30.6 Å². The van der Waals surface area contributed by atoms with Crippen LogP contribution in [0.2, 0.25) is 0 Å². The highest BCUT2D eigenvalue weighted by atomic mass is 32.2. The molecule has 116 valence electrons. The molecule has 22 heavy (non-hydrogen) atoms. The van der Waals surface area contributed by atoms with Gasteiger partial charge in [0, 0.05) is 6.61 Å². The number of ketones is 1. The molecule has 2 unspecified atom stereocenters. The van der Waals surface area contributed by atoms with Crippen LogP contribution >= 0.6 is 11.8 Å². The van der Waals surface area contributed by atoms with Crippen LogP contribution in [0.5, 0.6) is 0 Å². The first-order chi connectivity index (χ1) is 10.7. The van der Waals surface area contributed by atoms with E-state index in [2.05, 4.69) is 15.5 Å². The van der Waals surface area contributed by atoms with Crippen molar-refractivity contribution in [2.75, 3.05) is 6.61 Å². The van der Waals surface area contributed by atoms with E-state index in [1.807, 2.05) is 30.3 Å². The molecule has 2 atom stereocenters. The quantitative estimate of drug-likeness (QED) is 0.761. The summed E-state index contributed by atoms with van der Waals surface area (Å²) >= 11 is 1.39. The zero-order valence-electron chi connectivity index (χ0n) is 12.4. The molecular formula is C15H18N4O2S. The highest BCUT2D eigenvalue weighted by Crippen LogP contribution is 2.34. The Morgan fingerprint density at radius 2 is 2.27 bits per heavy atom. The Labute approximate surface area is 133 Å². The Morgan fingerprint density at radius 3 is 2.95 bits per heavy atom. The van der Waals surface area contributed by atoms with Crippen molar-refractivity contribution in [3.05, 3.63) is 35.9 Å². The number of ether oxygens (including phenoxy) is 1.